The molecule has 11 heteroatoms. The molecule has 1 amide bonds. The van der Waals surface area contributed by atoms with E-state index in [1.807, 2.05) is 0 Å². The molecule has 1 aromatic heterocycles. The van der Waals surface area contributed by atoms with Gasteiger partial charge in [-0.15, -0.1) is 11.3 Å². The average molecular weight is 438 g/mol. The van der Waals surface area contributed by atoms with E-state index in [-0.39, 0.29) is 21.1 Å². The van der Waals surface area contributed by atoms with E-state index in [1.54, 1.807) is 29.6 Å². The van der Waals surface area contributed by atoms with Crippen LogP contribution in [0.4, 0.5) is 17.1 Å². The normalized spacial score (nSPS) is 11.0. The Hall–Kier alpha value is -2.95. The van der Waals surface area contributed by atoms with Gasteiger partial charge in [0.05, 0.1) is 15.5 Å². The van der Waals surface area contributed by atoms with Gasteiger partial charge in [0.25, 0.3) is 21.6 Å². The molecule has 0 unspecified atom stereocenters. The first-order chi connectivity index (χ1) is 13.3. The molecule has 0 bridgehead atoms. The first-order valence-corrected chi connectivity index (χ1v) is 10.4. The van der Waals surface area contributed by atoms with Crippen LogP contribution in [-0.2, 0) is 10.0 Å². The molecule has 8 nitrogen and oxygen atoms in total. The van der Waals surface area contributed by atoms with E-state index in [2.05, 4.69) is 10.0 Å². The summed E-state index contributed by atoms with van der Waals surface area (Å²) in [4.78, 5) is 22.6. The topological polar surface area (TPSA) is 118 Å². The fourth-order valence-electron chi connectivity index (χ4n) is 2.27. The van der Waals surface area contributed by atoms with Crippen molar-refractivity contribution in [3.8, 4) is 0 Å². The first-order valence-electron chi connectivity index (χ1n) is 7.68. The number of hydrogen-bond donors (Lipinski definition) is 2. The molecule has 144 valence electrons. The Labute approximate surface area is 169 Å². The third-order valence-electron chi connectivity index (χ3n) is 3.56. The number of hydrogen-bond acceptors (Lipinski definition) is 6. The summed E-state index contributed by atoms with van der Waals surface area (Å²) in [7, 11) is -4.03. The number of carbonyl (C=O) groups is 1. The average Bonchev–Trinajstić information content (AvgIpc) is 3.09. The van der Waals surface area contributed by atoms with Gasteiger partial charge in [0, 0.05) is 22.8 Å². The van der Waals surface area contributed by atoms with Gasteiger partial charge in [-0.1, -0.05) is 17.7 Å². The Balaban J connectivity index is 1.81. The number of anilines is 2. The van der Waals surface area contributed by atoms with Crippen molar-refractivity contribution in [1.82, 2.24) is 0 Å². The zero-order valence-electron chi connectivity index (χ0n) is 14.0. The van der Waals surface area contributed by atoms with E-state index in [4.69, 9.17) is 11.6 Å². The highest BCUT2D eigenvalue weighted by molar-refractivity contribution is 7.92. The third kappa shape index (κ3) is 4.47. The van der Waals surface area contributed by atoms with Crippen LogP contribution < -0.4 is 10.0 Å². The first kappa shape index (κ1) is 19.8. The van der Waals surface area contributed by atoms with Crippen molar-refractivity contribution in [3.63, 3.8) is 0 Å². The molecule has 3 rings (SSSR count). The van der Waals surface area contributed by atoms with E-state index < -0.39 is 20.9 Å². The lowest BCUT2D eigenvalue weighted by Crippen LogP contribution is -2.17. The minimum Gasteiger partial charge on any atom is -0.321 e. The summed E-state index contributed by atoms with van der Waals surface area (Å²) < 4.78 is 27.4. The van der Waals surface area contributed by atoms with Crippen molar-refractivity contribution in [1.29, 1.82) is 0 Å². The van der Waals surface area contributed by atoms with Crippen molar-refractivity contribution in [2.75, 3.05) is 10.0 Å². The molecule has 28 heavy (non-hydrogen) atoms. The van der Waals surface area contributed by atoms with Crippen LogP contribution in [0.1, 0.15) is 9.67 Å². The smallest absolute Gasteiger partial charge is 0.269 e. The van der Waals surface area contributed by atoms with Gasteiger partial charge in [0.1, 0.15) is 4.88 Å². The van der Waals surface area contributed by atoms with Crippen molar-refractivity contribution < 1.29 is 18.1 Å². The molecular weight excluding hydrogens is 426 g/mol. The van der Waals surface area contributed by atoms with Crippen LogP contribution >= 0.6 is 22.9 Å². The quantitative estimate of drug-likeness (QED) is 0.438. The summed E-state index contributed by atoms with van der Waals surface area (Å²) in [6, 6.07) is 12.4. The van der Waals surface area contributed by atoms with Crippen LogP contribution in [0.25, 0.3) is 0 Å². The highest BCUT2D eigenvalue weighted by atomic mass is 35.5. The van der Waals surface area contributed by atoms with Gasteiger partial charge >= 0.3 is 0 Å². The Kier molecular flexibility index (Phi) is 5.63. The van der Waals surface area contributed by atoms with Crippen LogP contribution in [0.5, 0.6) is 0 Å². The summed E-state index contributed by atoms with van der Waals surface area (Å²) in [5.74, 6) is -0.501. The van der Waals surface area contributed by atoms with E-state index >= 15 is 0 Å². The van der Waals surface area contributed by atoms with E-state index in [0.29, 0.717) is 10.7 Å². The van der Waals surface area contributed by atoms with Crippen molar-refractivity contribution in [3.05, 3.63) is 80.0 Å². The molecule has 0 saturated heterocycles. The van der Waals surface area contributed by atoms with Gasteiger partial charge in [-0.3, -0.25) is 19.6 Å². The molecule has 0 aliphatic heterocycles. The van der Waals surface area contributed by atoms with Gasteiger partial charge < -0.3 is 5.32 Å². The van der Waals surface area contributed by atoms with Gasteiger partial charge in [-0.2, -0.15) is 0 Å². The molecule has 2 N–H and O–H groups in total. The van der Waals surface area contributed by atoms with Gasteiger partial charge in [-0.25, -0.2) is 8.42 Å². The zero-order chi connectivity index (χ0) is 20.3. The maximum atomic E-state index is 12.5. The van der Waals surface area contributed by atoms with Gasteiger partial charge in [0.15, 0.2) is 0 Å². The Morgan fingerprint density at radius 3 is 2.46 bits per heavy atom. The molecule has 0 aliphatic carbocycles. The molecule has 0 fully saturated rings. The lowest BCUT2D eigenvalue weighted by Gasteiger charge is -2.09. The molecule has 0 radical (unpaired) electrons. The standard InChI is InChI=1S/C17H12ClN3O5S2/c18-11-2-1-3-12(10-11)19-17(22)16-15(8-9-27-16)20-28(25,26)14-6-4-13(5-7-14)21(23)24/h1-10,20H,(H,19,22). The number of amides is 1. The number of halogens is 1. The number of sulfonamides is 1. The number of rotatable bonds is 6. The summed E-state index contributed by atoms with van der Waals surface area (Å²) in [6.45, 7) is 0. The molecular formula is C17H12ClN3O5S2. The Bertz CT molecular complexity index is 1140. The maximum absolute atomic E-state index is 12.5. The minimum atomic E-state index is -4.03. The number of nitrogens with zero attached hydrogens (tertiary/aromatic N) is 1. The van der Waals surface area contributed by atoms with Crippen molar-refractivity contribution >= 4 is 55.9 Å². The number of thiophene rings is 1. The van der Waals surface area contributed by atoms with Crippen LogP contribution in [-0.4, -0.2) is 19.2 Å². The third-order valence-corrected chi connectivity index (χ3v) is 6.09. The molecule has 1 heterocycles. The molecule has 0 saturated carbocycles. The highest BCUT2D eigenvalue weighted by Gasteiger charge is 2.21. The second-order valence-corrected chi connectivity index (χ2v) is 8.52. The Morgan fingerprint density at radius 2 is 1.82 bits per heavy atom. The van der Waals surface area contributed by atoms with Crippen LogP contribution in [0.3, 0.4) is 0 Å². The Morgan fingerprint density at radius 1 is 1.11 bits per heavy atom. The predicted molar refractivity (Wildman–Crippen MR) is 108 cm³/mol. The molecule has 3 aromatic rings. The monoisotopic (exact) mass is 437 g/mol. The van der Waals surface area contributed by atoms with Crippen LogP contribution in [0.15, 0.2) is 64.9 Å². The number of nitro groups is 1. The highest BCUT2D eigenvalue weighted by Crippen LogP contribution is 2.27. The van der Waals surface area contributed by atoms with E-state index in [0.717, 1.165) is 35.6 Å². The summed E-state index contributed by atoms with van der Waals surface area (Å²) in [5.41, 5.74) is 0.342. The summed E-state index contributed by atoms with van der Waals surface area (Å²) >= 11 is 6.95. The molecule has 0 atom stereocenters. The summed E-state index contributed by atoms with van der Waals surface area (Å²) in [5, 5.41) is 15.4. The lowest BCUT2D eigenvalue weighted by molar-refractivity contribution is -0.384. The second kappa shape index (κ2) is 7.97. The number of nitro benzene ring substituents is 1. The molecule has 0 aliphatic rings. The van der Waals surface area contributed by atoms with Crippen LogP contribution in [0, 0.1) is 10.1 Å². The molecule has 0 spiro atoms. The van der Waals surface area contributed by atoms with Crippen molar-refractivity contribution in [2.45, 2.75) is 4.90 Å². The zero-order valence-corrected chi connectivity index (χ0v) is 16.3. The largest absolute Gasteiger partial charge is 0.321 e. The lowest BCUT2D eigenvalue weighted by atomic mass is 10.3. The predicted octanol–water partition coefficient (Wildman–Crippen LogP) is 4.36. The fourth-order valence-corrected chi connectivity index (χ4v) is 4.34. The summed E-state index contributed by atoms with van der Waals surface area (Å²) in [6.07, 6.45) is 0. The fraction of sp³-hybridized carbons (Fsp3) is 0. The number of nitrogens with one attached hydrogen (secondary N) is 2. The maximum Gasteiger partial charge on any atom is 0.269 e. The second-order valence-electron chi connectivity index (χ2n) is 5.48. The SMILES string of the molecule is O=C(Nc1cccc(Cl)c1)c1sccc1NS(=O)(=O)c1ccc([N+](=O)[O-])cc1. The van der Waals surface area contributed by atoms with Gasteiger partial charge in [-0.05, 0) is 41.8 Å². The number of carbonyl (C=O) groups excluding carboxylic acids is 1. The van der Waals surface area contributed by atoms with Crippen LogP contribution in [0.2, 0.25) is 5.02 Å². The van der Waals surface area contributed by atoms with Gasteiger partial charge in [0.2, 0.25) is 0 Å². The van der Waals surface area contributed by atoms with E-state index in [9.17, 15) is 23.3 Å². The number of benzene rings is 2. The van der Waals surface area contributed by atoms with E-state index in [1.165, 1.54) is 6.07 Å². The molecule has 2 aromatic carbocycles. The minimum absolute atomic E-state index is 0.0999. The van der Waals surface area contributed by atoms with Crippen molar-refractivity contribution in [2.24, 2.45) is 0 Å². The number of non-ortho nitro benzene ring substituents is 1.